The number of Topliss-reactive ketones (excluding diaryl/α,β-unsaturated/α-hetero) is 1. The van der Waals surface area contributed by atoms with Crippen molar-refractivity contribution < 1.29 is 34.0 Å². The summed E-state index contributed by atoms with van der Waals surface area (Å²) in [7, 11) is 0. The summed E-state index contributed by atoms with van der Waals surface area (Å²) < 4.78 is 2.30. The second-order valence-corrected chi connectivity index (χ2v) is 23.5. The molecule has 0 atom stereocenters. The minimum Gasteiger partial charge on any atom is -0.857 e. The number of hydrogen-bond acceptors (Lipinski definition) is 9. The number of aliphatic hydroxyl groups is 1. The van der Waals surface area contributed by atoms with E-state index in [2.05, 4.69) is 162 Å². The Morgan fingerprint density at radius 2 is 1.00 bits per heavy atom. The molecular formula is C79H71N7O6. The number of nitrogens with one attached hydrogen (secondary N) is 3. The number of benzene rings is 8. The monoisotopic (exact) mass is 1210 g/mol. The van der Waals surface area contributed by atoms with Crippen LogP contribution in [0.5, 0.6) is 0 Å². The highest BCUT2D eigenvalue weighted by Crippen LogP contribution is 2.40. The third kappa shape index (κ3) is 14.9. The number of allylic oxidation sites excluding steroid dienone is 7. The summed E-state index contributed by atoms with van der Waals surface area (Å²) in [6.45, 7) is 15.1. The van der Waals surface area contributed by atoms with Crippen LogP contribution in [0.3, 0.4) is 0 Å². The number of ketones is 1. The van der Waals surface area contributed by atoms with E-state index in [9.17, 15) is 29.4 Å². The number of aryl methyl sites for hydroxylation is 6. The number of anilines is 2. The molecule has 13 nitrogen and oxygen atoms in total. The quantitative estimate of drug-likeness (QED) is 0.0857. The zero-order valence-corrected chi connectivity index (χ0v) is 52.4. The molecule has 2 aliphatic carbocycles. The maximum absolute atomic E-state index is 13.7. The molecule has 5 heterocycles. The Kier molecular flexibility index (Phi) is 19.0. The topological polar surface area (TPSA) is 179 Å². The van der Waals surface area contributed by atoms with Gasteiger partial charge in [0.05, 0.1) is 23.4 Å². The Hall–Kier alpha value is -11.3. The molecule has 13 heteroatoms. The van der Waals surface area contributed by atoms with Crippen LogP contribution in [0.15, 0.2) is 246 Å². The summed E-state index contributed by atoms with van der Waals surface area (Å²) >= 11 is 0. The molecule has 0 fully saturated rings. The highest BCUT2D eigenvalue weighted by Gasteiger charge is 2.37. The summed E-state index contributed by atoms with van der Waals surface area (Å²) in [4.78, 5) is 62.4. The van der Waals surface area contributed by atoms with Gasteiger partial charge in [-0.1, -0.05) is 162 Å². The molecule has 9 aromatic rings. The van der Waals surface area contributed by atoms with Crippen LogP contribution in [0.2, 0.25) is 0 Å². The van der Waals surface area contributed by atoms with Crippen molar-refractivity contribution in [2.24, 2.45) is 4.99 Å². The molecule has 15 rings (SSSR count). The fourth-order valence-electron chi connectivity index (χ4n) is 11.3. The maximum atomic E-state index is 13.7. The molecule has 92 heavy (non-hydrogen) atoms. The van der Waals surface area contributed by atoms with Crippen molar-refractivity contribution in [1.82, 2.24) is 20.9 Å². The van der Waals surface area contributed by atoms with Crippen LogP contribution in [0, 0.1) is 41.5 Å². The molecule has 0 spiro atoms. The minimum atomic E-state index is -0.516. The molecule has 4 N–H and O–H groups in total. The van der Waals surface area contributed by atoms with Gasteiger partial charge in [0.25, 0.3) is 17.7 Å². The van der Waals surface area contributed by atoms with Crippen LogP contribution >= 0.6 is 0 Å². The van der Waals surface area contributed by atoms with Gasteiger partial charge in [0.2, 0.25) is 17.2 Å². The van der Waals surface area contributed by atoms with E-state index >= 15 is 0 Å². The lowest BCUT2D eigenvalue weighted by molar-refractivity contribution is -0.456. The number of aliphatic imine (C=N–C) groups is 1. The second-order valence-electron chi connectivity index (χ2n) is 23.5. The van der Waals surface area contributed by atoms with Gasteiger partial charge in [0.1, 0.15) is 11.5 Å². The smallest absolute Gasteiger partial charge is 0.270 e. The Balaban J connectivity index is 0.000000195. The molecule has 8 bridgehead atoms. The molecule has 3 amide bonds. The van der Waals surface area contributed by atoms with E-state index in [1.54, 1.807) is 36.4 Å². The predicted molar refractivity (Wildman–Crippen MR) is 362 cm³/mol. The summed E-state index contributed by atoms with van der Waals surface area (Å²) in [5, 5.41) is 32.5. The molecule has 4 aliphatic heterocycles. The Bertz CT molecular complexity index is 4480. The average Bonchev–Trinajstić information content (AvgIpc) is 0.751. The first-order valence-corrected chi connectivity index (χ1v) is 30.7. The van der Waals surface area contributed by atoms with E-state index in [0.717, 1.165) is 45.0 Å². The number of aliphatic hydroxyl groups excluding tert-OH is 1. The highest BCUT2D eigenvalue weighted by atomic mass is 16.3. The standard InChI is InChI=1S/C48H44N2O2.C31H27N5O4/c1-31-7-13-37(14-8-31)29-49(43-25-11-33(3)27-35(43)5)41-21-17-39(18-22-41)45-47(51)46(48(45)52)40-19-23-42(24-20-40)50(30-38-15-9-32(2)10-16-38)44-26-12-34(4)28-36(44)6;37-28-24-3-1-4-25(15-24)29(38)33-17-21-9-13-23(14-10-21)19-35-31(40)27-6-2-5-26(36-27)30(39)34-18-22-11-7-20(8-12-22)16-32-28/h7-28H,29-30H2,1-6H3;1-15H,16-19H2,(H,32,37)(H,33,38)(H,34,39)(H,35,40). The Morgan fingerprint density at radius 1 is 0.489 bits per heavy atom. The first-order chi connectivity index (χ1) is 44.5. The molecule has 0 unspecified atom stereocenters. The van der Waals surface area contributed by atoms with E-state index in [-0.39, 0.29) is 47.8 Å². The van der Waals surface area contributed by atoms with Gasteiger partial charge in [-0.3, -0.25) is 24.2 Å². The van der Waals surface area contributed by atoms with Crippen molar-refractivity contribution in [3.05, 3.63) is 336 Å². The number of aromatic nitrogens is 1. The molecule has 6 aliphatic rings. The fraction of sp³-hybridized carbons (Fsp3) is 0.152. The Morgan fingerprint density at radius 3 is 1.57 bits per heavy atom. The first-order valence-electron chi connectivity index (χ1n) is 30.7. The van der Waals surface area contributed by atoms with Crippen molar-refractivity contribution in [3.8, 4) is 0 Å². The minimum absolute atomic E-state index is 0.0438. The van der Waals surface area contributed by atoms with Crippen molar-refractivity contribution in [2.45, 2.75) is 80.8 Å². The van der Waals surface area contributed by atoms with E-state index in [4.69, 9.17) is 0 Å². The van der Waals surface area contributed by atoms with Crippen molar-refractivity contribution >= 4 is 57.7 Å². The normalized spacial score (nSPS) is 14.2. The molecule has 0 saturated heterocycles. The molecule has 0 saturated carbocycles. The van der Waals surface area contributed by atoms with Crippen molar-refractivity contribution in [3.63, 3.8) is 0 Å². The third-order valence-corrected chi connectivity index (χ3v) is 16.5. The number of pyridine rings is 1. The summed E-state index contributed by atoms with van der Waals surface area (Å²) in [6, 6.07) is 64.3. The van der Waals surface area contributed by atoms with Crippen LogP contribution < -0.4 is 26.0 Å². The first kappa shape index (κ1) is 62.3. The SMILES string of the molecule is Cc1ccc(CN(c2ccc(C3=C(O)C(=C4C=CC(=[N+](Cc5ccc(C)cc5)c5ccc(C)cc5C)C=C4)C3=O)cc2)c2ccc(C)cc2C)cc1.O=C1NCc2ccc(cc2)CN=C([O-])c2cccc(n2)C(=O)NCc2ccc(cc2)CNC(=O)c2cccc1c2. The number of carbonyl (C=O) groups excluding carboxylic acids is 4. The van der Waals surface area contributed by atoms with Crippen LogP contribution in [-0.2, 0) is 44.1 Å². The molecule has 1 aromatic heterocycles. The number of amides is 3. The van der Waals surface area contributed by atoms with Gasteiger partial charge in [0, 0.05) is 83.9 Å². The van der Waals surface area contributed by atoms with Gasteiger partial charge in [-0.15, -0.1) is 0 Å². The number of hydrogen-bond donors (Lipinski definition) is 4. The van der Waals surface area contributed by atoms with E-state index < -0.39 is 11.8 Å². The molecule has 458 valence electrons. The molecular weight excluding hydrogens is 1140 g/mol. The number of nitrogens with zero attached hydrogens (tertiary/aromatic N) is 4. The lowest BCUT2D eigenvalue weighted by Crippen LogP contribution is -2.26. The van der Waals surface area contributed by atoms with E-state index in [0.29, 0.717) is 59.6 Å². The zero-order chi connectivity index (χ0) is 64.4. The third-order valence-electron chi connectivity index (χ3n) is 16.5. The van der Waals surface area contributed by atoms with Crippen molar-refractivity contribution in [1.29, 1.82) is 0 Å². The van der Waals surface area contributed by atoms with Crippen molar-refractivity contribution in [2.75, 3.05) is 4.90 Å². The van der Waals surface area contributed by atoms with E-state index in [1.165, 1.54) is 50.6 Å². The van der Waals surface area contributed by atoms with Crippen LogP contribution in [0.4, 0.5) is 17.1 Å². The van der Waals surface area contributed by atoms with Gasteiger partial charge in [-0.25, -0.2) is 4.98 Å². The summed E-state index contributed by atoms with van der Waals surface area (Å²) in [5.41, 5.74) is 20.5. The fourth-order valence-corrected chi connectivity index (χ4v) is 11.3. The lowest BCUT2D eigenvalue weighted by Gasteiger charge is -2.28. The zero-order valence-electron chi connectivity index (χ0n) is 52.4. The lowest BCUT2D eigenvalue weighted by atomic mass is 9.80. The van der Waals surface area contributed by atoms with Gasteiger partial charge < -0.3 is 31.1 Å². The average molecular weight is 1210 g/mol. The Labute approximate surface area is 536 Å². The summed E-state index contributed by atoms with van der Waals surface area (Å²) in [6.07, 6.45) is 7.96. The largest absolute Gasteiger partial charge is 0.857 e. The van der Waals surface area contributed by atoms with Gasteiger partial charge in [0.15, 0.2) is 6.54 Å². The maximum Gasteiger partial charge on any atom is 0.270 e. The van der Waals surface area contributed by atoms with Crippen LogP contribution in [-0.4, -0.2) is 49.8 Å². The number of carbonyl (C=O) groups is 4. The summed E-state index contributed by atoms with van der Waals surface area (Å²) in [5.74, 6) is -1.61. The van der Waals surface area contributed by atoms with Gasteiger partial charge in [-0.05, 0) is 153 Å². The second kappa shape index (κ2) is 28.0. The van der Waals surface area contributed by atoms with Crippen LogP contribution in [0.25, 0.3) is 5.57 Å². The molecule has 0 radical (unpaired) electrons. The molecule has 8 aromatic carbocycles. The van der Waals surface area contributed by atoms with Crippen LogP contribution in [0.1, 0.15) is 109 Å². The van der Waals surface area contributed by atoms with Gasteiger partial charge >= 0.3 is 0 Å². The van der Waals surface area contributed by atoms with Gasteiger partial charge in [-0.2, -0.15) is 4.58 Å². The highest BCUT2D eigenvalue weighted by molar-refractivity contribution is 6.39. The predicted octanol–water partition coefficient (Wildman–Crippen LogP) is 13.6. The number of rotatable bonds is 8. The van der Waals surface area contributed by atoms with E-state index in [1.807, 2.05) is 97.1 Å².